The fraction of sp³-hybridized carbons (Fsp3) is 0.655. The topological polar surface area (TPSA) is 69.6 Å². The van der Waals surface area contributed by atoms with Crippen molar-refractivity contribution in [3.63, 3.8) is 0 Å². The van der Waals surface area contributed by atoms with E-state index in [1.54, 1.807) is 0 Å². The summed E-state index contributed by atoms with van der Waals surface area (Å²) in [5.74, 6) is -0.0428. The van der Waals surface area contributed by atoms with Crippen molar-refractivity contribution in [1.29, 1.82) is 0 Å². The first-order valence-electron chi connectivity index (χ1n) is 24.6. The lowest BCUT2D eigenvalue weighted by Gasteiger charge is -2.22. The zero-order chi connectivity index (χ0) is 42.8. The van der Waals surface area contributed by atoms with Gasteiger partial charge in [-0.3, -0.25) is 4.79 Å². The minimum absolute atomic E-state index is 0.0428. The van der Waals surface area contributed by atoms with Crippen LogP contribution in [0.2, 0.25) is 0 Å². The van der Waals surface area contributed by atoms with Gasteiger partial charge in [0.1, 0.15) is 0 Å². The molecule has 2 unspecified atom stereocenters. The molecule has 0 spiro atoms. The number of nitrogens with one attached hydrogen (secondary N) is 1. The van der Waals surface area contributed by atoms with Crippen molar-refractivity contribution in [2.24, 2.45) is 0 Å². The molecule has 0 bridgehead atoms. The normalized spacial score (nSPS) is 13.9. The van der Waals surface area contributed by atoms with E-state index in [-0.39, 0.29) is 12.5 Å². The molecule has 0 aliphatic heterocycles. The lowest BCUT2D eigenvalue weighted by atomic mass is 10.0. The van der Waals surface area contributed by atoms with Gasteiger partial charge < -0.3 is 15.5 Å². The monoisotopic (exact) mass is 816 g/mol. The van der Waals surface area contributed by atoms with Crippen LogP contribution >= 0.6 is 0 Å². The van der Waals surface area contributed by atoms with E-state index in [1.165, 1.54) is 103 Å². The van der Waals surface area contributed by atoms with E-state index < -0.39 is 12.1 Å². The largest absolute Gasteiger partial charge is 0.394 e. The van der Waals surface area contributed by atoms with E-state index >= 15 is 0 Å². The maximum atomic E-state index is 12.3. The van der Waals surface area contributed by atoms with Crippen LogP contribution in [-0.4, -0.2) is 34.9 Å². The average molecular weight is 816 g/mol. The Morgan fingerprint density at radius 3 is 1.12 bits per heavy atom. The third kappa shape index (κ3) is 46.0. The second-order valence-corrected chi connectivity index (χ2v) is 16.2. The van der Waals surface area contributed by atoms with Crippen molar-refractivity contribution in [3.05, 3.63) is 109 Å². The SMILES string of the molecule is CC/C=C\C/C=C\C/C=C\C/C=C\C/C=C\C/C=C\C/C=C\C/C=C\C/C=C\CCCCCCCCCCCCCCCC(=O)NC(CO)C(O)CCCCCCCC. The van der Waals surface area contributed by atoms with E-state index in [4.69, 9.17) is 0 Å². The van der Waals surface area contributed by atoms with E-state index in [0.717, 1.165) is 83.5 Å². The first-order chi connectivity index (χ1) is 29.2. The Bertz CT molecular complexity index is 1150. The van der Waals surface area contributed by atoms with Crippen molar-refractivity contribution in [2.75, 3.05) is 6.61 Å². The first kappa shape index (κ1) is 56.0. The van der Waals surface area contributed by atoms with Crippen LogP contribution in [0.5, 0.6) is 0 Å². The van der Waals surface area contributed by atoms with Crippen LogP contribution in [-0.2, 0) is 4.79 Å². The minimum atomic E-state index is -0.661. The number of aliphatic hydroxyl groups is 2. The average Bonchev–Trinajstić information content (AvgIpc) is 3.24. The molecule has 0 aliphatic carbocycles. The number of aliphatic hydroxyl groups excluding tert-OH is 2. The molecule has 0 aliphatic rings. The summed E-state index contributed by atoms with van der Waals surface area (Å²) in [6, 6.07) is -0.538. The number of amides is 1. The molecule has 0 rings (SSSR count). The van der Waals surface area contributed by atoms with Gasteiger partial charge >= 0.3 is 0 Å². The van der Waals surface area contributed by atoms with Gasteiger partial charge in [0, 0.05) is 6.42 Å². The molecule has 4 nitrogen and oxygen atoms in total. The molecular formula is C55H93NO3. The summed E-state index contributed by atoms with van der Waals surface area (Å²) in [6.07, 6.45) is 75.0. The van der Waals surface area contributed by atoms with Gasteiger partial charge in [-0.2, -0.15) is 0 Å². The molecule has 59 heavy (non-hydrogen) atoms. The quantitative estimate of drug-likeness (QED) is 0.0424. The van der Waals surface area contributed by atoms with E-state index in [1.807, 2.05) is 0 Å². The molecule has 4 heteroatoms. The van der Waals surface area contributed by atoms with Crippen LogP contribution < -0.4 is 5.32 Å². The van der Waals surface area contributed by atoms with Crippen molar-refractivity contribution >= 4 is 5.91 Å². The van der Waals surface area contributed by atoms with E-state index in [2.05, 4.69) is 129 Å². The lowest BCUT2D eigenvalue weighted by molar-refractivity contribution is -0.123. The van der Waals surface area contributed by atoms with Crippen LogP contribution in [0.1, 0.15) is 213 Å². The van der Waals surface area contributed by atoms with Crippen molar-refractivity contribution in [3.8, 4) is 0 Å². The van der Waals surface area contributed by atoms with Gasteiger partial charge in [0.2, 0.25) is 5.91 Å². The number of hydrogen-bond acceptors (Lipinski definition) is 3. The lowest BCUT2D eigenvalue weighted by Crippen LogP contribution is -2.45. The summed E-state index contributed by atoms with van der Waals surface area (Å²) in [4.78, 5) is 12.3. The highest BCUT2D eigenvalue weighted by Crippen LogP contribution is 2.15. The van der Waals surface area contributed by atoms with Crippen molar-refractivity contribution in [1.82, 2.24) is 5.32 Å². The maximum Gasteiger partial charge on any atom is 0.220 e. The van der Waals surface area contributed by atoms with Gasteiger partial charge in [0.15, 0.2) is 0 Å². The highest BCUT2D eigenvalue weighted by Gasteiger charge is 2.19. The number of unbranched alkanes of at least 4 members (excludes halogenated alkanes) is 18. The predicted molar refractivity (Wildman–Crippen MR) is 262 cm³/mol. The van der Waals surface area contributed by atoms with Crippen LogP contribution in [0.15, 0.2) is 109 Å². The third-order valence-corrected chi connectivity index (χ3v) is 10.5. The van der Waals surface area contributed by atoms with Gasteiger partial charge in [-0.15, -0.1) is 0 Å². The molecule has 0 fully saturated rings. The molecule has 0 aromatic heterocycles. The molecule has 336 valence electrons. The van der Waals surface area contributed by atoms with E-state index in [0.29, 0.717) is 12.8 Å². The number of hydrogen-bond donors (Lipinski definition) is 3. The fourth-order valence-corrected chi connectivity index (χ4v) is 6.82. The van der Waals surface area contributed by atoms with Gasteiger partial charge in [-0.25, -0.2) is 0 Å². The van der Waals surface area contributed by atoms with Gasteiger partial charge in [0.25, 0.3) is 0 Å². The van der Waals surface area contributed by atoms with Crippen LogP contribution in [0.3, 0.4) is 0 Å². The molecular weight excluding hydrogens is 723 g/mol. The van der Waals surface area contributed by atoms with Gasteiger partial charge in [-0.05, 0) is 83.5 Å². The smallest absolute Gasteiger partial charge is 0.220 e. The fourth-order valence-electron chi connectivity index (χ4n) is 6.82. The molecule has 0 radical (unpaired) electrons. The van der Waals surface area contributed by atoms with E-state index in [9.17, 15) is 15.0 Å². The Morgan fingerprint density at radius 2 is 0.746 bits per heavy atom. The molecule has 2 atom stereocenters. The van der Waals surface area contributed by atoms with Crippen LogP contribution in [0, 0.1) is 0 Å². The van der Waals surface area contributed by atoms with Crippen molar-refractivity contribution in [2.45, 2.75) is 225 Å². The number of rotatable bonds is 43. The Morgan fingerprint density at radius 1 is 0.424 bits per heavy atom. The van der Waals surface area contributed by atoms with Crippen LogP contribution in [0.4, 0.5) is 0 Å². The zero-order valence-electron chi connectivity index (χ0n) is 38.5. The molecule has 0 aromatic carbocycles. The summed E-state index contributed by atoms with van der Waals surface area (Å²) < 4.78 is 0. The Kier molecular flexibility index (Phi) is 46.9. The van der Waals surface area contributed by atoms with Gasteiger partial charge in [0.05, 0.1) is 18.8 Å². The third-order valence-electron chi connectivity index (χ3n) is 10.5. The summed E-state index contributed by atoms with van der Waals surface area (Å²) in [5, 5.41) is 22.9. The second-order valence-electron chi connectivity index (χ2n) is 16.2. The number of allylic oxidation sites excluding steroid dienone is 18. The van der Waals surface area contributed by atoms with Gasteiger partial charge in [-0.1, -0.05) is 232 Å². The summed E-state index contributed by atoms with van der Waals surface area (Å²) in [7, 11) is 0. The number of carbonyl (C=O) groups excluding carboxylic acids is 1. The van der Waals surface area contributed by atoms with Crippen molar-refractivity contribution < 1.29 is 15.0 Å². The molecule has 0 aromatic rings. The Balaban J connectivity index is 3.52. The Hall–Kier alpha value is -2.95. The first-order valence-corrected chi connectivity index (χ1v) is 24.6. The zero-order valence-corrected chi connectivity index (χ0v) is 38.5. The summed E-state index contributed by atoms with van der Waals surface area (Å²) in [5.41, 5.74) is 0. The number of carbonyl (C=O) groups is 1. The maximum absolute atomic E-state index is 12.3. The second kappa shape index (κ2) is 49.4. The highest BCUT2D eigenvalue weighted by molar-refractivity contribution is 5.76. The standard InChI is InChI=1S/C55H93NO3/c1-3-5-7-9-11-12-13-14-15-16-17-18-19-20-21-22-23-24-25-26-27-28-29-30-31-32-33-34-35-36-37-38-39-40-41-42-43-44-45-47-49-51-55(59)56-53(52-57)54(58)50-48-46-10-8-6-4-2/h5,7,11-12,14-15,17-18,20-21,23-24,26-27,29-30,32-33,53-54,57-58H,3-4,6,8-10,13,16,19,22,25,28,31,34-52H2,1-2H3,(H,56,59)/b7-5-,12-11-,15-14-,18-17-,21-20-,24-23-,27-26-,30-29-,33-32-. The molecule has 0 saturated heterocycles. The summed E-state index contributed by atoms with van der Waals surface area (Å²) in [6.45, 7) is 4.17. The molecule has 1 amide bonds. The minimum Gasteiger partial charge on any atom is -0.394 e. The summed E-state index contributed by atoms with van der Waals surface area (Å²) >= 11 is 0. The molecule has 0 saturated carbocycles. The predicted octanol–water partition coefficient (Wildman–Crippen LogP) is 16.0. The highest BCUT2D eigenvalue weighted by atomic mass is 16.3. The Labute approximate surface area is 366 Å². The molecule has 3 N–H and O–H groups in total. The van der Waals surface area contributed by atoms with Crippen LogP contribution in [0.25, 0.3) is 0 Å². The molecule has 0 heterocycles.